The predicted octanol–water partition coefficient (Wildman–Crippen LogP) is 3.32. The van der Waals surface area contributed by atoms with Crippen LogP contribution in [-0.2, 0) is 0 Å². The van der Waals surface area contributed by atoms with Crippen molar-refractivity contribution in [3.63, 3.8) is 0 Å². The highest BCUT2D eigenvalue weighted by Crippen LogP contribution is 2.33. The molecular weight excluding hydrogens is 295 g/mol. The Hall–Kier alpha value is -0.450. The van der Waals surface area contributed by atoms with E-state index in [4.69, 9.17) is 5.73 Å². The molecule has 0 aliphatic carbocycles. The van der Waals surface area contributed by atoms with Crippen LogP contribution in [0.25, 0.3) is 0 Å². The van der Waals surface area contributed by atoms with Gasteiger partial charge in [-0.15, -0.1) is 0 Å². The third-order valence-corrected chi connectivity index (χ3v) is 4.08. The second kappa shape index (κ2) is 5.68. The molecule has 1 aliphatic heterocycles. The monoisotopic (exact) mass is 314 g/mol. The molecule has 2 atom stereocenters. The number of nitrogens with two attached hydrogens (primary N) is 1. The quantitative estimate of drug-likeness (QED) is 0.927. The molecule has 1 aromatic rings. The van der Waals surface area contributed by atoms with Crippen molar-refractivity contribution < 1.29 is 4.39 Å². The van der Waals surface area contributed by atoms with Crippen molar-refractivity contribution in [2.45, 2.75) is 32.4 Å². The van der Waals surface area contributed by atoms with Crippen molar-refractivity contribution in [2.75, 3.05) is 13.1 Å². The molecule has 0 bridgehead atoms. The van der Waals surface area contributed by atoms with Crippen molar-refractivity contribution in [3.05, 3.63) is 34.1 Å². The minimum absolute atomic E-state index is 0.101. The second-order valence-electron chi connectivity index (χ2n) is 5.46. The summed E-state index contributed by atoms with van der Waals surface area (Å²) in [5.74, 6) is 0.384. The van der Waals surface area contributed by atoms with Gasteiger partial charge in [-0.3, -0.25) is 4.90 Å². The molecule has 1 aliphatic rings. The van der Waals surface area contributed by atoms with E-state index in [1.807, 2.05) is 6.07 Å². The van der Waals surface area contributed by atoms with E-state index in [2.05, 4.69) is 34.7 Å². The molecule has 4 heteroatoms. The highest BCUT2D eigenvalue weighted by Gasteiger charge is 2.33. The largest absolute Gasteiger partial charge is 0.326 e. The van der Waals surface area contributed by atoms with Crippen LogP contribution in [0.3, 0.4) is 0 Å². The van der Waals surface area contributed by atoms with Crippen LogP contribution in [0.4, 0.5) is 4.39 Å². The number of benzene rings is 1. The lowest BCUT2D eigenvalue weighted by molar-refractivity contribution is 0.221. The van der Waals surface area contributed by atoms with Crippen LogP contribution in [0.5, 0.6) is 0 Å². The number of nitrogens with zero attached hydrogens (tertiary/aromatic N) is 1. The van der Waals surface area contributed by atoms with Crippen LogP contribution in [0, 0.1) is 11.7 Å². The Labute approximate surface area is 116 Å². The fourth-order valence-electron chi connectivity index (χ4n) is 2.71. The number of likely N-dealkylation sites (tertiary alicyclic amines) is 1. The Kier molecular flexibility index (Phi) is 4.41. The molecule has 1 heterocycles. The van der Waals surface area contributed by atoms with E-state index in [0.717, 1.165) is 25.1 Å². The van der Waals surface area contributed by atoms with Crippen molar-refractivity contribution in [1.82, 2.24) is 4.90 Å². The zero-order chi connectivity index (χ0) is 13.3. The summed E-state index contributed by atoms with van der Waals surface area (Å²) in [6.45, 7) is 6.41. The first-order valence-electron chi connectivity index (χ1n) is 6.43. The smallest absolute Gasteiger partial charge is 0.137 e. The fourth-order valence-corrected chi connectivity index (χ4v) is 2.96. The van der Waals surface area contributed by atoms with Crippen molar-refractivity contribution in [1.29, 1.82) is 0 Å². The molecule has 0 amide bonds. The van der Waals surface area contributed by atoms with Crippen molar-refractivity contribution in [2.24, 2.45) is 11.7 Å². The van der Waals surface area contributed by atoms with E-state index in [1.165, 1.54) is 0 Å². The Morgan fingerprint density at radius 2 is 2.22 bits per heavy atom. The second-order valence-corrected chi connectivity index (χ2v) is 6.31. The number of hydrogen-bond donors (Lipinski definition) is 1. The molecule has 2 N–H and O–H groups in total. The topological polar surface area (TPSA) is 29.3 Å². The van der Waals surface area contributed by atoms with Crippen LogP contribution in [0.1, 0.15) is 31.9 Å². The van der Waals surface area contributed by atoms with Gasteiger partial charge in [-0.05, 0) is 46.0 Å². The van der Waals surface area contributed by atoms with Crippen LogP contribution < -0.4 is 5.73 Å². The molecule has 18 heavy (non-hydrogen) atoms. The van der Waals surface area contributed by atoms with Crippen molar-refractivity contribution in [3.8, 4) is 0 Å². The molecule has 100 valence electrons. The van der Waals surface area contributed by atoms with E-state index in [1.54, 1.807) is 12.1 Å². The lowest BCUT2D eigenvalue weighted by Crippen LogP contribution is -2.34. The summed E-state index contributed by atoms with van der Waals surface area (Å²) in [4.78, 5) is 2.37. The number of hydrogen-bond acceptors (Lipinski definition) is 2. The summed E-state index contributed by atoms with van der Waals surface area (Å²) in [7, 11) is 0. The van der Waals surface area contributed by atoms with E-state index >= 15 is 0 Å². The zero-order valence-electron chi connectivity index (χ0n) is 10.9. The van der Waals surface area contributed by atoms with Gasteiger partial charge in [-0.25, -0.2) is 4.39 Å². The minimum Gasteiger partial charge on any atom is -0.326 e. The van der Waals surface area contributed by atoms with E-state index in [0.29, 0.717) is 10.4 Å². The maximum Gasteiger partial charge on any atom is 0.137 e. The molecule has 0 saturated carbocycles. The maximum absolute atomic E-state index is 13.6. The molecular formula is C14H20BrFN2. The molecule has 2 unspecified atom stereocenters. The van der Waals surface area contributed by atoms with Crippen molar-refractivity contribution >= 4 is 15.9 Å². The summed E-state index contributed by atoms with van der Waals surface area (Å²) >= 11 is 3.19. The first kappa shape index (κ1) is 14.0. The van der Waals surface area contributed by atoms with Gasteiger partial charge in [0.05, 0.1) is 10.5 Å². The van der Waals surface area contributed by atoms with Gasteiger partial charge in [0.1, 0.15) is 5.82 Å². The molecule has 1 saturated heterocycles. The molecule has 2 nitrogen and oxygen atoms in total. The average molecular weight is 315 g/mol. The van der Waals surface area contributed by atoms with Gasteiger partial charge in [0.15, 0.2) is 0 Å². The number of rotatable bonds is 3. The van der Waals surface area contributed by atoms with Crippen LogP contribution in [0.15, 0.2) is 22.7 Å². The van der Waals surface area contributed by atoms with Gasteiger partial charge in [0.25, 0.3) is 0 Å². The SMILES string of the molecule is CC(C)CN1CCC(N)C1c1ccc(Br)c(F)c1. The third kappa shape index (κ3) is 2.92. The molecule has 0 spiro atoms. The minimum atomic E-state index is -0.212. The van der Waals surface area contributed by atoms with Gasteiger partial charge >= 0.3 is 0 Å². The molecule has 1 aromatic carbocycles. The number of halogens is 2. The third-order valence-electron chi connectivity index (χ3n) is 3.43. The Bertz CT molecular complexity index is 422. The first-order chi connectivity index (χ1) is 8.49. The van der Waals surface area contributed by atoms with Crippen LogP contribution in [0.2, 0.25) is 0 Å². The summed E-state index contributed by atoms with van der Waals surface area (Å²) in [5.41, 5.74) is 7.18. The molecule has 0 radical (unpaired) electrons. The van der Waals surface area contributed by atoms with Gasteiger partial charge in [0.2, 0.25) is 0 Å². The van der Waals surface area contributed by atoms with Crippen LogP contribution in [-0.4, -0.2) is 24.0 Å². The zero-order valence-corrected chi connectivity index (χ0v) is 12.5. The Balaban J connectivity index is 2.24. The van der Waals surface area contributed by atoms with Gasteiger partial charge < -0.3 is 5.73 Å². The van der Waals surface area contributed by atoms with E-state index in [9.17, 15) is 4.39 Å². The van der Waals surface area contributed by atoms with Gasteiger partial charge in [-0.1, -0.05) is 19.9 Å². The van der Waals surface area contributed by atoms with Gasteiger partial charge in [0, 0.05) is 19.1 Å². The average Bonchev–Trinajstić information content (AvgIpc) is 2.63. The van der Waals surface area contributed by atoms with E-state index < -0.39 is 0 Å². The summed E-state index contributed by atoms with van der Waals surface area (Å²) in [5, 5.41) is 0. The van der Waals surface area contributed by atoms with Gasteiger partial charge in [-0.2, -0.15) is 0 Å². The highest BCUT2D eigenvalue weighted by atomic mass is 79.9. The normalized spacial score (nSPS) is 25.0. The Morgan fingerprint density at radius 1 is 1.50 bits per heavy atom. The lowest BCUT2D eigenvalue weighted by atomic mass is 10.00. The summed E-state index contributed by atoms with van der Waals surface area (Å²) in [6.07, 6.45) is 0.981. The molecule has 1 fully saturated rings. The summed E-state index contributed by atoms with van der Waals surface area (Å²) < 4.78 is 14.2. The Morgan fingerprint density at radius 3 is 2.83 bits per heavy atom. The first-order valence-corrected chi connectivity index (χ1v) is 7.23. The highest BCUT2D eigenvalue weighted by molar-refractivity contribution is 9.10. The van der Waals surface area contributed by atoms with E-state index in [-0.39, 0.29) is 17.9 Å². The lowest BCUT2D eigenvalue weighted by Gasteiger charge is -2.28. The van der Waals surface area contributed by atoms with Crippen LogP contribution >= 0.6 is 15.9 Å². The standard InChI is InChI=1S/C14H20BrFN2/c1-9(2)8-18-6-5-13(17)14(18)10-3-4-11(15)12(16)7-10/h3-4,7,9,13-14H,5-6,8,17H2,1-2H3. The molecule has 2 rings (SSSR count). The molecule has 0 aromatic heterocycles. The summed E-state index contributed by atoms with van der Waals surface area (Å²) in [6, 6.07) is 5.59. The fraction of sp³-hybridized carbons (Fsp3) is 0.571. The maximum atomic E-state index is 13.6. The predicted molar refractivity (Wildman–Crippen MR) is 75.8 cm³/mol.